The highest BCUT2D eigenvalue weighted by Crippen LogP contribution is 2.32. The lowest BCUT2D eigenvalue weighted by molar-refractivity contribution is -0.113. The highest BCUT2D eigenvalue weighted by Gasteiger charge is 2.12. The minimum atomic E-state index is -0.0329. The second kappa shape index (κ2) is 7.62. The number of ether oxygens (including phenoxy) is 2. The van der Waals surface area contributed by atoms with Crippen LogP contribution in [0, 0.1) is 13.8 Å². The van der Waals surface area contributed by atoms with E-state index in [-0.39, 0.29) is 5.91 Å². The number of thioether (sulfide) groups is 1. The highest BCUT2D eigenvalue weighted by molar-refractivity contribution is 8.00. The van der Waals surface area contributed by atoms with Gasteiger partial charge in [0.05, 0.1) is 19.0 Å². The maximum atomic E-state index is 12.2. The summed E-state index contributed by atoms with van der Waals surface area (Å²) in [5, 5.41) is 2.92. The van der Waals surface area contributed by atoms with Crippen LogP contribution in [0.15, 0.2) is 41.3 Å². The van der Waals surface area contributed by atoms with Crippen LogP contribution in [0.3, 0.4) is 0 Å². The highest BCUT2D eigenvalue weighted by atomic mass is 32.2. The van der Waals surface area contributed by atoms with Crippen LogP contribution in [0.4, 0.5) is 5.69 Å². The van der Waals surface area contributed by atoms with E-state index < -0.39 is 0 Å². The molecule has 0 fully saturated rings. The predicted molar refractivity (Wildman–Crippen MR) is 97.3 cm³/mol. The first kappa shape index (κ1) is 16.7. The molecule has 0 radical (unpaired) electrons. The molecule has 1 heterocycles. The topological polar surface area (TPSA) is 47.6 Å². The number of anilines is 1. The van der Waals surface area contributed by atoms with Crippen molar-refractivity contribution < 1.29 is 14.3 Å². The standard InChI is InChI=1S/C19H21NO3S/c1-13-4-7-18(14(2)10-13)24-12-19(21)20-15-5-6-16-17(11-15)23-9-3-8-22-16/h4-7,10-11H,3,8-9,12H2,1-2H3,(H,20,21). The maximum absolute atomic E-state index is 12.2. The smallest absolute Gasteiger partial charge is 0.234 e. The number of aryl methyl sites for hydroxylation is 2. The van der Waals surface area contributed by atoms with Gasteiger partial charge in [0.2, 0.25) is 5.91 Å². The van der Waals surface area contributed by atoms with Gasteiger partial charge in [0.15, 0.2) is 11.5 Å². The molecule has 0 unspecified atom stereocenters. The Kier molecular flexibility index (Phi) is 5.30. The van der Waals surface area contributed by atoms with Gasteiger partial charge in [-0.2, -0.15) is 0 Å². The number of carbonyl (C=O) groups excluding carboxylic acids is 1. The summed E-state index contributed by atoms with van der Waals surface area (Å²) < 4.78 is 11.2. The molecule has 0 aliphatic carbocycles. The zero-order valence-electron chi connectivity index (χ0n) is 13.9. The van der Waals surface area contributed by atoms with Gasteiger partial charge in [-0.3, -0.25) is 4.79 Å². The Labute approximate surface area is 146 Å². The molecule has 1 N–H and O–H groups in total. The van der Waals surface area contributed by atoms with Gasteiger partial charge in [-0.05, 0) is 37.6 Å². The van der Waals surface area contributed by atoms with Crippen molar-refractivity contribution in [1.82, 2.24) is 0 Å². The molecule has 0 atom stereocenters. The van der Waals surface area contributed by atoms with Crippen LogP contribution in [-0.2, 0) is 4.79 Å². The summed E-state index contributed by atoms with van der Waals surface area (Å²) in [7, 11) is 0. The SMILES string of the molecule is Cc1ccc(SCC(=O)Nc2ccc3c(c2)OCCCO3)c(C)c1. The summed E-state index contributed by atoms with van der Waals surface area (Å²) in [6.45, 7) is 5.42. The zero-order valence-corrected chi connectivity index (χ0v) is 14.7. The Morgan fingerprint density at radius 3 is 2.67 bits per heavy atom. The third-order valence-corrected chi connectivity index (χ3v) is 4.90. The second-order valence-electron chi connectivity index (χ2n) is 5.82. The summed E-state index contributed by atoms with van der Waals surface area (Å²) >= 11 is 1.55. The van der Waals surface area contributed by atoms with Crippen molar-refractivity contribution in [3.05, 3.63) is 47.5 Å². The molecular formula is C19H21NO3S. The van der Waals surface area contributed by atoms with Gasteiger partial charge < -0.3 is 14.8 Å². The van der Waals surface area contributed by atoms with Crippen molar-refractivity contribution in [2.45, 2.75) is 25.2 Å². The van der Waals surface area contributed by atoms with Gasteiger partial charge in [-0.15, -0.1) is 11.8 Å². The first-order valence-electron chi connectivity index (χ1n) is 8.01. The minimum absolute atomic E-state index is 0.0329. The molecule has 24 heavy (non-hydrogen) atoms. The fourth-order valence-electron chi connectivity index (χ4n) is 2.54. The fourth-order valence-corrected chi connectivity index (χ4v) is 3.35. The van der Waals surface area contributed by atoms with Crippen LogP contribution in [-0.4, -0.2) is 24.9 Å². The van der Waals surface area contributed by atoms with Crippen molar-refractivity contribution in [2.75, 3.05) is 24.3 Å². The number of hydrogen-bond donors (Lipinski definition) is 1. The van der Waals surface area contributed by atoms with Crippen LogP contribution < -0.4 is 14.8 Å². The Bertz CT molecular complexity index is 745. The number of benzene rings is 2. The van der Waals surface area contributed by atoms with E-state index >= 15 is 0 Å². The van der Waals surface area contributed by atoms with Gasteiger partial charge in [-0.25, -0.2) is 0 Å². The molecule has 1 amide bonds. The first-order valence-corrected chi connectivity index (χ1v) is 9.00. The van der Waals surface area contributed by atoms with E-state index in [0.29, 0.717) is 24.7 Å². The van der Waals surface area contributed by atoms with Gasteiger partial charge >= 0.3 is 0 Å². The van der Waals surface area contributed by atoms with Crippen molar-refractivity contribution in [2.24, 2.45) is 0 Å². The molecule has 4 nitrogen and oxygen atoms in total. The molecule has 3 rings (SSSR count). The third kappa shape index (κ3) is 4.23. The second-order valence-corrected chi connectivity index (χ2v) is 6.83. The number of carbonyl (C=O) groups is 1. The molecule has 5 heteroatoms. The van der Waals surface area contributed by atoms with Crippen molar-refractivity contribution in [1.29, 1.82) is 0 Å². The molecule has 2 aromatic rings. The monoisotopic (exact) mass is 343 g/mol. The molecule has 126 valence electrons. The Morgan fingerprint density at radius 1 is 1.08 bits per heavy atom. The van der Waals surface area contributed by atoms with E-state index in [2.05, 4.69) is 37.4 Å². The number of rotatable bonds is 4. The number of hydrogen-bond acceptors (Lipinski definition) is 4. The molecular weight excluding hydrogens is 322 g/mol. The lowest BCUT2D eigenvalue weighted by Crippen LogP contribution is -2.14. The normalized spacial score (nSPS) is 13.2. The quantitative estimate of drug-likeness (QED) is 0.846. The molecule has 0 saturated heterocycles. The average molecular weight is 343 g/mol. The van der Waals surface area contributed by atoms with Crippen LogP contribution in [0.25, 0.3) is 0 Å². The summed E-state index contributed by atoms with van der Waals surface area (Å²) in [5.41, 5.74) is 3.15. The molecule has 0 bridgehead atoms. The van der Waals surface area contributed by atoms with E-state index in [4.69, 9.17) is 9.47 Å². The molecule has 1 aliphatic heterocycles. The molecule has 1 aliphatic rings. The summed E-state index contributed by atoms with van der Waals surface area (Å²) in [5.74, 6) is 1.76. The Hall–Kier alpha value is -2.14. The maximum Gasteiger partial charge on any atom is 0.234 e. The van der Waals surface area contributed by atoms with E-state index in [1.165, 1.54) is 11.1 Å². The number of fused-ring (bicyclic) bond motifs is 1. The van der Waals surface area contributed by atoms with Crippen LogP contribution in [0.5, 0.6) is 11.5 Å². The lowest BCUT2D eigenvalue weighted by Gasteiger charge is -2.11. The summed E-state index contributed by atoms with van der Waals surface area (Å²) in [4.78, 5) is 13.3. The fraction of sp³-hybridized carbons (Fsp3) is 0.316. The van der Waals surface area contributed by atoms with Crippen molar-refractivity contribution >= 4 is 23.4 Å². The van der Waals surface area contributed by atoms with Crippen molar-refractivity contribution in [3.8, 4) is 11.5 Å². The van der Waals surface area contributed by atoms with Gasteiger partial charge in [-0.1, -0.05) is 17.7 Å². The van der Waals surface area contributed by atoms with E-state index in [1.54, 1.807) is 11.8 Å². The predicted octanol–water partition coefficient (Wildman–Crippen LogP) is 4.20. The van der Waals surface area contributed by atoms with Crippen molar-refractivity contribution in [3.63, 3.8) is 0 Å². The number of amides is 1. The van der Waals surface area contributed by atoms with Crippen LogP contribution >= 0.6 is 11.8 Å². The van der Waals surface area contributed by atoms with E-state index in [1.807, 2.05) is 18.2 Å². The van der Waals surface area contributed by atoms with Crippen LogP contribution in [0.1, 0.15) is 17.5 Å². The van der Waals surface area contributed by atoms with Gasteiger partial charge in [0, 0.05) is 23.1 Å². The summed E-state index contributed by atoms with van der Waals surface area (Å²) in [6, 6.07) is 11.8. The minimum Gasteiger partial charge on any atom is -0.490 e. The first-order chi connectivity index (χ1) is 11.6. The van der Waals surface area contributed by atoms with Gasteiger partial charge in [0.1, 0.15) is 0 Å². The molecule has 2 aromatic carbocycles. The van der Waals surface area contributed by atoms with Crippen LogP contribution in [0.2, 0.25) is 0 Å². The number of nitrogens with one attached hydrogen (secondary N) is 1. The average Bonchev–Trinajstić information content (AvgIpc) is 2.79. The van der Waals surface area contributed by atoms with E-state index in [9.17, 15) is 4.79 Å². The third-order valence-electron chi connectivity index (χ3n) is 3.72. The molecule has 0 aromatic heterocycles. The zero-order chi connectivity index (χ0) is 16.9. The Morgan fingerprint density at radius 2 is 1.88 bits per heavy atom. The largest absolute Gasteiger partial charge is 0.490 e. The summed E-state index contributed by atoms with van der Waals surface area (Å²) in [6.07, 6.45) is 0.864. The van der Waals surface area contributed by atoms with E-state index in [0.717, 1.165) is 22.8 Å². The Balaban J connectivity index is 1.59. The molecule has 0 saturated carbocycles. The lowest BCUT2D eigenvalue weighted by atomic mass is 10.2. The molecule has 0 spiro atoms. The van der Waals surface area contributed by atoms with Gasteiger partial charge in [0.25, 0.3) is 0 Å².